The predicted octanol–water partition coefficient (Wildman–Crippen LogP) is 3.46. The lowest BCUT2D eigenvalue weighted by Crippen LogP contribution is -2.31. The largest absolute Gasteiger partial charge is 0.497 e. The second kappa shape index (κ2) is 9.24. The second-order valence-electron chi connectivity index (χ2n) is 4.79. The minimum atomic E-state index is 0.451. The summed E-state index contributed by atoms with van der Waals surface area (Å²) in [5.41, 5.74) is 4.81. The summed E-state index contributed by atoms with van der Waals surface area (Å²) in [7, 11) is 3.27. The lowest BCUT2D eigenvalue weighted by atomic mass is 10.2. The van der Waals surface area contributed by atoms with Gasteiger partial charge in [0.25, 0.3) is 0 Å². The molecule has 24 heavy (non-hydrogen) atoms. The van der Waals surface area contributed by atoms with Gasteiger partial charge < -0.3 is 14.8 Å². The molecular weight excluding hydrogens is 390 g/mol. The maximum absolute atomic E-state index is 5.20. The van der Waals surface area contributed by atoms with Crippen LogP contribution in [0.2, 0.25) is 0 Å². The molecule has 0 heterocycles. The highest BCUT2D eigenvalue weighted by Gasteiger charge is 2.02. The molecule has 0 aromatic heterocycles. The lowest BCUT2D eigenvalue weighted by molar-refractivity contribution is 0.412. The van der Waals surface area contributed by atoms with Gasteiger partial charge in [-0.2, -0.15) is 5.10 Å². The molecule has 0 bridgehead atoms. The normalized spacial score (nSPS) is 10.5. The van der Waals surface area contributed by atoms with E-state index >= 15 is 0 Å². The van der Waals surface area contributed by atoms with E-state index in [9.17, 15) is 0 Å². The summed E-state index contributed by atoms with van der Waals surface area (Å²) in [6.07, 6.45) is 1.69. The van der Waals surface area contributed by atoms with Crippen LogP contribution in [0.3, 0.4) is 0 Å². The molecule has 0 saturated carbocycles. The Hall–Kier alpha value is -2.12. The third-order valence-corrected chi connectivity index (χ3v) is 4.02. The Morgan fingerprint density at radius 2 is 1.92 bits per heavy atom. The van der Waals surface area contributed by atoms with Crippen molar-refractivity contribution in [1.82, 2.24) is 10.7 Å². The van der Waals surface area contributed by atoms with E-state index < -0.39 is 0 Å². The van der Waals surface area contributed by atoms with E-state index in [1.807, 2.05) is 42.5 Å². The first-order valence-electron chi connectivity index (χ1n) is 7.15. The van der Waals surface area contributed by atoms with Crippen LogP contribution in [0.5, 0.6) is 11.5 Å². The molecule has 0 aliphatic carbocycles. The summed E-state index contributed by atoms with van der Waals surface area (Å²) in [4.78, 5) is 0. The van der Waals surface area contributed by atoms with Crippen LogP contribution >= 0.6 is 28.1 Å². The van der Waals surface area contributed by atoms with E-state index in [-0.39, 0.29) is 0 Å². The maximum Gasteiger partial charge on any atom is 0.187 e. The fourth-order valence-electron chi connectivity index (χ4n) is 1.90. The standard InChI is InChI=1S/C17H18BrN3O2S/c1-22-14-6-3-12(4-7-14)11-20-21-17(24)19-10-13-5-8-16(23-2)15(18)9-13/h3-9,11H,10H2,1-2H3,(H2,19,21,24)/b20-11+. The van der Waals surface area contributed by atoms with Gasteiger partial charge >= 0.3 is 0 Å². The van der Waals surface area contributed by atoms with Crippen molar-refractivity contribution in [1.29, 1.82) is 0 Å². The van der Waals surface area contributed by atoms with Gasteiger partial charge in [-0.3, -0.25) is 5.43 Å². The van der Waals surface area contributed by atoms with Crippen molar-refractivity contribution in [3.05, 3.63) is 58.1 Å². The Morgan fingerprint density at radius 1 is 1.17 bits per heavy atom. The summed E-state index contributed by atoms with van der Waals surface area (Å²) in [6, 6.07) is 13.4. The predicted molar refractivity (Wildman–Crippen MR) is 104 cm³/mol. The zero-order valence-electron chi connectivity index (χ0n) is 13.4. The minimum Gasteiger partial charge on any atom is -0.497 e. The molecule has 0 fully saturated rings. The number of methoxy groups -OCH3 is 2. The summed E-state index contributed by atoms with van der Waals surface area (Å²) >= 11 is 8.66. The van der Waals surface area contributed by atoms with Gasteiger partial charge in [-0.1, -0.05) is 6.07 Å². The number of thiocarbonyl (C=S) groups is 1. The summed E-state index contributed by atoms with van der Waals surface area (Å²) in [5, 5.41) is 7.65. The van der Waals surface area contributed by atoms with Crippen LogP contribution in [0, 0.1) is 0 Å². The minimum absolute atomic E-state index is 0.451. The van der Waals surface area contributed by atoms with Crippen molar-refractivity contribution in [3.63, 3.8) is 0 Å². The number of halogens is 1. The number of hydrogen-bond donors (Lipinski definition) is 2. The highest BCUT2D eigenvalue weighted by atomic mass is 79.9. The summed E-state index contributed by atoms with van der Waals surface area (Å²) in [6.45, 7) is 0.590. The number of nitrogens with one attached hydrogen (secondary N) is 2. The number of ether oxygens (including phenoxy) is 2. The first kappa shape index (κ1) is 18.2. The highest BCUT2D eigenvalue weighted by Crippen LogP contribution is 2.25. The van der Waals surface area contributed by atoms with Crippen molar-refractivity contribution >= 4 is 39.5 Å². The molecule has 5 nitrogen and oxygen atoms in total. The van der Waals surface area contributed by atoms with Crippen LogP contribution < -0.4 is 20.2 Å². The van der Waals surface area contributed by atoms with E-state index in [4.69, 9.17) is 21.7 Å². The third kappa shape index (κ3) is 5.50. The van der Waals surface area contributed by atoms with Crippen molar-refractivity contribution in [2.75, 3.05) is 14.2 Å². The number of hydrogen-bond acceptors (Lipinski definition) is 4. The Labute approximate surface area is 155 Å². The van der Waals surface area contributed by atoms with Crippen LogP contribution in [-0.4, -0.2) is 25.5 Å². The average Bonchev–Trinajstić information content (AvgIpc) is 2.60. The fourth-order valence-corrected chi connectivity index (χ4v) is 2.61. The Kier molecular flexibility index (Phi) is 7.02. The Bertz CT molecular complexity index is 720. The molecule has 126 valence electrons. The van der Waals surface area contributed by atoms with Gasteiger partial charge in [0.05, 0.1) is 24.9 Å². The molecule has 2 aromatic rings. The highest BCUT2D eigenvalue weighted by molar-refractivity contribution is 9.10. The molecule has 0 unspecified atom stereocenters. The molecule has 2 aromatic carbocycles. The number of benzene rings is 2. The van der Waals surface area contributed by atoms with Crippen molar-refractivity contribution in [2.24, 2.45) is 5.10 Å². The van der Waals surface area contributed by atoms with Crippen LogP contribution in [0.1, 0.15) is 11.1 Å². The molecule has 0 aliphatic heterocycles. The second-order valence-corrected chi connectivity index (χ2v) is 6.06. The molecule has 7 heteroatoms. The van der Waals surface area contributed by atoms with Gasteiger partial charge in [-0.15, -0.1) is 0 Å². The zero-order valence-corrected chi connectivity index (χ0v) is 15.8. The lowest BCUT2D eigenvalue weighted by Gasteiger charge is -2.09. The Morgan fingerprint density at radius 3 is 2.54 bits per heavy atom. The smallest absolute Gasteiger partial charge is 0.187 e. The fraction of sp³-hybridized carbons (Fsp3) is 0.176. The van der Waals surface area contributed by atoms with Crippen molar-refractivity contribution in [3.8, 4) is 11.5 Å². The van der Waals surface area contributed by atoms with E-state index in [0.717, 1.165) is 27.1 Å². The van der Waals surface area contributed by atoms with E-state index in [2.05, 4.69) is 31.8 Å². The van der Waals surface area contributed by atoms with Gasteiger partial charge in [-0.25, -0.2) is 0 Å². The quantitative estimate of drug-likeness (QED) is 0.436. The molecular formula is C17H18BrN3O2S. The van der Waals surface area contributed by atoms with Crippen LogP contribution in [0.25, 0.3) is 0 Å². The average molecular weight is 408 g/mol. The van der Waals surface area contributed by atoms with E-state index in [1.165, 1.54) is 0 Å². The Balaban J connectivity index is 1.80. The molecule has 2 rings (SSSR count). The maximum atomic E-state index is 5.20. The van der Waals surface area contributed by atoms with Gasteiger partial charge in [0.2, 0.25) is 0 Å². The topological polar surface area (TPSA) is 54.9 Å². The zero-order chi connectivity index (χ0) is 17.4. The van der Waals surface area contributed by atoms with Crippen LogP contribution in [0.4, 0.5) is 0 Å². The SMILES string of the molecule is COc1ccc(/C=N/NC(=S)NCc2ccc(OC)c(Br)c2)cc1. The molecule has 0 saturated heterocycles. The first-order valence-corrected chi connectivity index (χ1v) is 8.36. The third-order valence-electron chi connectivity index (χ3n) is 3.16. The monoisotopic (exact) mass is 407 g/mol. The first-order chi connectivity index (χ1) is 11.6. The molecule has 0 radical (unpaired) electrons. The van der Waals surface area contributed by atoms with Crippen LogP contribution in [0.15, 0.2) is 52.0 Å². The number of rotatable bonds is 6. The number of nitrogens with zero attached hydrogens (tertiary/aromatic N) is 1. The van der Waals surface area contributed by atoms with E-state index in [1.54, 1.807) is 20.4 Å². The summed E-state index contributed by atoms with van der Waals surface area (Å²) in [5.74, 6) is 1.60. The van der Waals surface area contributed by atoms with E-state index in [0.29, 0.717) is 11.7 Å². The molecule has 0 atom stereocenters. The van der Waals surface area contributed by atoms with Crippen molar-refractivity contribution in [2.45, 2.75) is 6.54 Å². The van der Waals surface area contributed by atoms with Gasteiger partial charge in [0.15, 0.2) is 5.11 Å². The summed E-state index contributed by atoms with van der Waals surface area (Å²) < 4.78 is 11.2. The molecule has 2 N–H and O–H groups in total. The molecule has 0 amide bonds. The van der Waals surface area contributed by atoms with Crippen molar-refractivity contribution < 1.29 is 9.47 Å². The molecule has 0 spiro atoms. The van der Waals surface area contributed by atoms with Gasteiger partial charge in [0, 0.05) is 6.54 Å². The molecule has 0 aliphatic rings. The van der Waals surface area contributed by atoms with Gasteiger partial charge in [0.1, 0.15) is 11.5 Å². The number of hydrazone groups is 1. The van der Waals surface area contributed by atoms with Crippen LogP contribution in [-0.2, 0) is 6.54 Å². The van der Waals surface area contributed by atoms with Gasteiger partial charge in [-0.05, 0) is 75.7 Å².